The Hall–Kier alpha value is -2.73. The molecule has 4 rings (SSSR count). The predicted octanol–water partition coefficient (Wildman–Crippen LogP) is 5.84. The molecule has 0 bridgehead atoms. The fraction of sp³-hybridized carbons (Fsp3) is 0.320. The van der Waals surface area contributed by atoms with Crippen molar-refractivity contribution >= 4 is 28.6 Å². The number of aryl methyl sites for hydroxylation is 1. The monoisotopic (exact) mass is 435 g/mol. The zero-order valence-corrected chi connectivity index (χ0v) is 18.5. The maximum atomic E-state index is 13.3. The number of hydrogen-bond donors (Lipinski definition) is 1. The maximum Gasteiger partial charge on any atom is 0.230 e. The van der Waals surface area contributed by atoms with Gasteiger partial charge in [-0.25, -0.2) is 14.4 Å². The smallest absolute Gasteiger partial charge is 0.230 e. The van der Waals surface area contributed by atoms with Crippen molar-refractivity contribution < 1.29 is 9.18 Å². The molecule has 6 heteroatoms. The number of aromatic nitrogens is 2. The molecule has 0 aliphatic heterocycles. The van der Waals surface area contributed by atoms with Crippen molar-refractivity contribution in [3.8, 4) is 11.4 Å². The molecule has 1 heterocycles. The van der Waals surface area contributed by atoms with Gasteiger partial charge in [0.15, 0.2) is 5.82 Å². The van der Waals surface area contributed by atoms with Crippen LogP contribution in [-0.2, 0) is 4.79 Å². The number of rotatable bonds is 7. The molecule has 1 N–H and O–H groups in total. The van der Waals surface area contributed by atoms with Gasteiger partial charge in [-0.3, -0.25) is 4.79 Å². The van der Waals surface area contributed by atoms with Crippen molar-refractivity contribution in [1.29, 1.82) is 0 Å². The van der Waals surface area contributed by atoms with Crippen LogP contribution in [0.4, 0.5) is 4.39 Å². The van der Waals surface area contributed by atoms with E-state index >= 15 is 0 Å². The summed E-state index contributed by atoms with van der Waals surface area (Å²) >= 11 is 1.41. The Morgan fingerprint density at radius 1 is 1.13 bits per heavy atom. The number of fused-ring (bicyclic) bond motifs is 1. The Kier molecular flexibility index (Phi) is 6.97. The fourth-order valence-corrected chi connectivity index (χ4v) is 4.58. The van der Waals surface area contributed by atoms with Gasteiger partial charge in [-0.1, -0.05) is 29.5 Å². The summed E-state index contributed by atoms with van der Waals surface area (Å²) in [4.78, 5) is 21.8. The van der Waals surface area contributed by atoms with Gasteiger partial charge in [-0.05, 0) is 81.0 Å². The van der Waals surface area contributed by atoms with E-state index in [1.54, 1.807) is 12.1 Å². The van der Waals surface area contributed by atoms with Crippen molar-refractivity contribution in [2.24, 2.45) is 0 Å². The van der Waals surface area contributed by atoms with Crippen LogP contribution in [0, 0.1) is 12.7 Å². The first-order valence-electron chi connectivity index (χ1n) is 10.7. The van der Waals surface area contributed by atoms with E-state index in [-0.39, 0.29) is 11.7 Å². The summed E-state index contributed by atoms with van der Waals surface area (Å²) in [5.41, 5.74) is 4.13. The molecule has 0 fully saturated rings. The largest absolute Gasteiger partial charge is 0.355 e. The molecule has 4 nitrogen and oxygen atoms in total. The van der Waals surface area contributed by atoms with E-state index in [2.05, 4.69) is 16.4 Å². The Morgan fingerprint density at radius 3 is 2.74 bits per heavy atom. The lowest BCUT2D eigenvalue weighted by molar-refractivity contribution is -0.118. The van der Waals surface area contributed by atoms with Gasteiger partial charge >= 0.3 is 0 Å². The van der Waals surface area contributed by atoms with Gasteiger partial charge in [0.2, 0.25) is 5.91 Å². The van der Waals surface area contributed by atoms with Gasteiger partial charge in [-0.2, -0.15) is 0 Å². The van der Waals surface area contributed by atoms with Gasteiger partial charge in [0.25, 0.3) is 0 Å². The molecule has 0 saturated carbocycles. The van der Waals surface area contributed by atoms with Crippen LogP contribution in [0.15, 0.2) is 59.1 Å². The van der Waals surface area contributed by atoms with E-state index in [0.29, 0.717) is 18.1 Å². The molecule has 2 aromatic carbocycles. The average Bonchev–Trinajstić information content (AvgIpc) is 2.78. The highest BCUT2D eigenvalue weighted by Crippen LogP contribution is 2.29. The normalized spacial score (nSPS) is 13.8. The minimum Gasteiger partial charge on any atom is -0.355 e. The molecule has 1 amide bonds. The third-order valence-corrected chi connectivity index (χ3v) is 6.40. The Morgan fingerprint density at radius 2 is 1.97 bits per heavy atom. The van der Waals surface area contributed by atoms with Crippen molar-refractivity contribution in [3.05, 3.63) is 65.5 Å². The lowest BCUT2D eigenvalue weighted by Crippen LogP contribution is -2.26. The Bertz CT molecular complexity index is 1110. The van der Waals surface area contributed by atoms with Crippen LogP contribution in [-0.4, -0.2) is 28.2 Å². The third kappa shape index (κ3) is 5.70. The highest BCUT2D eigenvalue weighted by atomic mass is 32.2. The highest BCUT2D eigenvalue weighted by Gasteiger charge is 2.13. The molecule has 1 aliphatic carbocycles. The highest BCUT2D eigenvalue weighted by molar-refractivity contribution is 8.00. The average molecular weight is 436 g/mol. The lowest BCUT2D eigenvalue weighted by atomic mass is 9.97. The summed E-state index contributed by atoms with van der Waals surface area (Å²) in [6, 6.07) is 12.2. The molecule has 1 aromatic heterocycles. The predicted molar refractivity (Wildman–Crippen MR) is 125 cm³/mol. The standard InChI is InChI=1S/C25H26FN3OS/c1-17-7-12-21-22(15-17)28-24(19-8-10-20(26)11-9-19)29-25(21)31-16-23(30)27-14-13-18-5-3-2-4-6-18/h5,7-12,15H,2-4,6,13-14,16H2,1H3,(H,27,30). The minimum absolute atomic E-state index is 0.00335. The zero-order valence-electron chi connectivity index (χ0n) is 17.7. The molecule has 0 spiro atoms. The van der Waals surface area contributed by atoms with E-state index in [4.69, 9.17) is 4.98 Å². The summed E-state index contributed by atoms with van der Waals surface area (Å²) in [6.45, 7) is 2.69. The number of nitrogens with one attached hydrogen (secondary N) is 1. The van der Waals surface area contributed by atoms with Crippen LogP contribution in [0.1, 0.15) is 37.7 Å². The lowest BCUT2D eigenvalue weighted by Gasteiger charge is -2.13. The zero-order chi connectivity index (χ0) is 21.6. The molecular formula is C25H26FN3OS. The quantitative estimate of drug-likeness (QED) is 0.288. The number of hydrogen-bond acceptors (Lipinski definition) is 4. The van der Waals surface area contributed by atoms with Crippen molar-refractivity contribution in [2.75, 3.05) is 12.3 Å². The van der Waals surface area contributed by atoms with Crippen molar-refractivity contribution in [1.82, 2.24) is 15.3 Å². The first kappa shape index (κ1) is 21.5. The van der Waals surface area contributed by atoms with Crippen LogP contribution >= 0.6 is 11.8 Å². The number of carbonyl (C=O) groups is 1. The summed E-state index contributed by atoms with van der Waals surface area (Å²) < 4.78 is 13.3. The molecular weight excluding hydrogens is 409 g/mol. The Labute approximate surface area is 186 Å². The number of halogens is 1. The number of carbonyl (C=O) groups excluding carboxylic acids is 1. The van der Waals surface area contributed by atoms with Gasteiger partial charge in [0.1, 0.15) is 10.8 Å². The van der Waals surface area contributed by atoms with Gasteiger partial charge in [-0.15, -0.1) is 0 Å². The molecule has 3 aromatic rings. The molecule has 0 atom stereocenters. The Balaban J connectivity index is 1.47. The summed E-state index contributed by atoms with van der Waals surface area (Å²) in [5.74, 6) is 0.534. The number of benzene rings is 2. The van der Waals surface area contributed by atoms with Gasteiger partial charge in [0, 0.05) is 17.5 Å². The second-order valence-electron chi connectivity index (χ2n) is 7.88. The van der Waals surface area contributed by atoms with E-state index in [1.807, 2.05) is 25.1 Å². The molecule has 31 heavy (non-hydrogen) atoms. The fourth-order valence-electron chi connectivity index (χ4n) is 3.73. The topological polar surface area (TPSA) is 54.9 Å². The summed E-state index contributed by atoms with van der Waals surface area (Å²) in [7, 11) is 0. The SMILES string of the molecule is Cc1ccc2c(SCC(=O)NCCC3=CCCCC3)nc(-c3ccc(F)cc3)nc2c1. The minimum atomic E-state index is -0.296. The summed E-state index contributed by atoms with van der Waals surface area (Å²) in [5, 5.41) is 4.70. The first-order chi connectivity index (χ1) is 15.1. The second-order valence-corrected chi connectivity index (χ2v) is 8.84. The molecule has 0 saturated heterocycles. The van der Waals surface area contributed by atoms with E-state index in [9.17, 15) is 9.18 Å². The number of allylic oxidation sites excluding steroid dienone is 1. The van der Waals surface area contributed by atoms with Crippen LogP contribution in [0.3, 0.4) is 0 Å². The summed E-state index contributed by atoms with van der Waals surface area (Å²) in [6.07, 6.45) is 8.10. The number of amides is 1. The first-order valence-corrected chi connectivity index (χ1v) is 11.7. The van der Waals surface area contributed by atoms with Crippen molar-refractivity contribution in [2.45, 2.75) is 44.1 Å². The molecule has 0 unspecified atom stereocenters. The maximum absolute atomic E-state index is 13.3. The van der Waals surface area contributed by atoms with Crippen LogP contribution in [0.2, 0.25) is 0 Å². The third-order valence-electron chi connectivity index (χ3n) is 5.41. The number of thioether (sulfide) groups is 1. The van der Waals surface area contributed by atoms with E-state index < -0.39 is 0 Å². The molecule has 0 radical (unpaired) electrons. The van der Waals surface area contributed by atoms with Crippen LogP contribution < -0.4 is 5.32 Å². The van der Waals surface area contributed by atoms with E-state index in [1.165, 1.54) is 42.3 Å². The van der Waals surface area contributed by atoms with Crippen LogP contribution in [0.5, 0.6) is 0 Å². The van der Waals surface area contributed by atoms with Crippen molar-refractivity contribution in [3.63, 3.8) is 0 Å². The van der Waals surface area contributed by atoms with Crippen LogP contribution in [0.25, 0.3) is 22.3 Å². The molecule has 160 valence electrons. The number of nitrogens with zero attached hydrogens (tertiary/aromatic N) is 2. The second kappa shape index (κ2) is 10.1. The van der Waals surface area contributed by atoms with E-state index in [0.717, 1.165) is 46.3 Å². The van der Waals surface area contributed by atoms with Gasteiger partial charge in [0.05, 0.1) is 11.3 Å². The van der Waals surface area contributed by atoms with Gasteiger partial charge < -0.3 is 5.32 Å². The molecule has 1 aliphatic rings.